The summed E-state index contributed by atoms with van der Waals surface area (Å²) in [6.45, 7) is 0. The molecule has 2 rings (SSSR count). The number of hydrogen-bond donors (Lipinski definition) is 0. The molecule has 9 heteroatoms. The lowest BCUT2D eigenvalue weighted by atomic mass is 10.0. The van der Waals surface area contributed by atoms with Gasteiger partial charge < -0.3 is 0 Å². The van der Waals surface area contributed by atoms with E-state index >= 15 is 0 Å². The Morgan fingerprint density at radius 2 is 1.38 bits per heavy atom. The van der Waals surface area contributed by atoms with Crippen molar-refractivity contribution < 1.29 is 23.0 Å². The van der Waals surface area contributed by atoms with Crippen LogP contribution in [0.2, 0.25) is 0 Å². The Bertz CT molecular complexity index is 764. The first-order valence-corrected chi connectivity index (χ1v) is 5.39. The van der Waals surface area contributed by atoms with Gasteiger partial charge in [-0.1, -0.05) is 0 Å². The minimum atomic E-state index is -1.41. The first kappa shape index (κ1) is 14.4. The highest BCUT2D eigenvalue weighted by atomic mass is 19.1. The standard InChI is InChI=1S/C12H5F3N2O4/c13-6-1-2-7(11(3-6)16(18)19)8-4-12(17(20)21)10(15)5-9(8)14/h1-5H. The Kier molecular flexibility index (Phi) is 3.57. The maximum atomic E-state index is 13.7. The molecule has 0 radical (unpaired) electrons. The summed E-state index contributed by atoms with van der Waals surface area (Å²) in [7, 11) is 0. The number of nitro groups is 2. The van der Waals surface area contributed by atoms with Gasteiger partial charge >= 0.3 is 5.69 Å². The molecule has 0 spiro atoms. The van der Waals surface area contributed by atoms with Crippen LogP contribution < -0.4 is 0 Å². The first-order valence-electron chi connectivity index (χ1n) is 5.39. The third-order valence-electron chi connectivity index (χ3n) is 2.68. The van der Waals surface area contributed by atoms with Crippen LogP contribution >= 0.6 is 0 Å². The van der Waals surface area contributed by atoms with E-state index in [1.807, 2.05) is 0 Å². The van der Waals surface area contributed by atoms with Gasteiger partial charge in [0.1, 0.15) is 11.6 Å². The van der Waals surface area contributed by atoms with Crippen molar-refractivity contribution in [3.63, 3.8) is 0 Å². The van der Waals surface area contributed by atoms with Crippen molar-refractivity contribution in [3.05, 3.63) is 68.0 Å². The number of rotatable bonds is 3. The SMILES string of the molecule is O=[N+]([O-])c1cc(-c2ccc(F)cc2[N+](=O)[O-])c(F)cc1F. The summed E-state index contributed by atoms with van der Waals surface area (Å²) in [5, 5.41) is 21.5. The Balaban J connectivity index is 2.75. The summed E-state index contributed by atoms with van der Waals surface area (Å²) in [4.78, 5) is 19.4. The fraction of sp³-hybridized carbons (Fsp3) is 0. The lowest BCUT2D eigenvalue weighted by molar-refractivity contribution is -0.387. The van der Waals surface area contributed by atoms with Crippen LogP contribution in [-0.2, 0) is 0 Å². The number of nitro benzene ring substituents is 2. The number of benzene rings is 2. The maximum absolute atomic E-state index is 13.7. The van der Waals surface area contributed by atoms with Crippen LogP contribution in [0.1, 0.15) is 0 Å². The van der Waals surface area contributed by atoms with Gasteiger partial charge in [-0.05, 0) is 12.1 Å². The monoisotopic (exact) mass is 298 g/mol. The molecule has 21 heavy (non-hydrogen) atoms. The van der Waals surface area contributed by atoms with E-state index in [-0.39, 0.29) is 11.6 Å². The van der Waals surface area contributed by atoms with E-state index in [4.69, 9.17) is 0 Å². The van der Waals surface area contributed by atoms with Gasteiger partial charge in [-0.15, -0.1) is 0 Å². The van der Waals surface area contributed by atoms with Gasteiger partial charge in [0.2, 0.25) is 5.82 Å². The molecular formula is C12H5F3N2O4. The van der Waals surface area contributed by atoms with Gasteiger partial charge in [0.05, 0.1) is 21.5 Å². The van der Waals surface area contributed by atoms with Crippen molar-refractivity contribution >= 4 is 11.4 Å². The van der Waals surface area contributed by atoms with Gasteiger partial charge in [-0.2, -0.15) is 4.39 Å². The average Bonchev–Trinajstić information content (AvgIpc) is 2.38. The van der Waals surface area contributed by atoms with E-state index in [9.17, 15) is 33.4 Å². The summed E-state index contributed by atoms with van der Waals surface area (Å²) in [5.74, 6) is -3.57. The first-order chi connectivity index (χ1) is 9.81. The largest absolute Gasteiger partial charge is 0.305 e. The highest BCUT2D eigenvalue weighted by Gasteiger charge is 2.24. The molecule has 2 aromatic carbocycles. The molecular weight excluding hydrogens is 293 g/mol. The fourth-order valence-corrected chi connectivity index (χ4v) is 1.77. The van der Waals surface area contributed by atoms with Crippen LogP contribution in [0.5, 0.6) is 0 Å². The molecule has 0 saturated carbocycles. The summed E-state index contributed by atoms with van der Waals surface area (Å²) in [5.41, 5.74) is -2.77. The molecule has 0 aromatic heterocycles. The molecule has 0 heterocycles. The van der Waals surface area contributed by atoms with Crippen molar-refractivity contribution in [2.45, 2.75) is 0 Å². The number of halogens is 3. The molecule has 6 nitrogen and oxygen atoms in total. The molecule has 0 aliphatic rings. The number of hydrogen-bond acceptors (Lipinski definition) is 4. The molecule has 0 N–H and O–H groups in total. The second-order valence-electron chi connectivity index (χ2n) is 3.96. The minimum Gasteiger partial charge on any atom is -0.258 e. The molecule has 0 saturated heterocycles. The van der Waals surface area contributed by atoms with Crippen LogP contribution in [0.3, 0.4) is 0 Å². The van der Waals surface area contributed by atoms with Crippen molar-refractivity contribution in [1.29, 1.82) is 0 Å². The molecule has 0 aliphatic carbocycles. The third kappa shape index (κ3) is 2.66. The van der Waals surface area contributed by atoms with Crippen LogP contribution in [0, 0.1) is 37.7 Å². The summed E-state index contributed by atoms with van der Waals surface area (Å²) in [6.07, 6.45) is 0. The normalized spacial score (nSPS) is 10.4. The Labute approximate surface area is 114 Å². The second-order valence-corrected chi connectivity index (χ2v) is 3.96. The van der Waals surface area contributed by atoms with Crippen molar-refractivity contribution in [2.75, 3.05) is 0 Å². The van der Waals surface area contributed by atoms with Gasteiger partial charge in [0, 0.05) is 17.7 Å². The summed E-state index contributed by atoms with van der Waals surface area (Å²) >= 11 is 0. The molecule has 108 valence electrons. The summed E-state index contributed by atoms with van der Waals surface area (Å²) in [6, 6.07) is 3.06. The quantitative estimate of drug-likeness (QED) is 0.640. The third-order valence-corrected chi connectivity index (χ3v) is 2.68. The van der Waals surface area contributed by atoms with Crippen LogP contribution in [0.15, 0.2) is 30.3 Å². The van der Waals surface area contributed by atoms with E-state index in [1.54, 1.807) is 0 Å². The van der Waals surface area contributed by atoms with Crippen LogP contribution in [-0.4, -0.2) is 9.85 Å². The zero-order valence-electron chi connectivity index (χ0n) is 10.0. The van der Waals surface area contributed by atoms with Gasteiger partial charge in [0.25, 0.3) is 5.69 Å². The Morgan fingerprint density at radius 3 is 1.95 bits per heavy atom. The van der Waals surface area contributed by atoms with E-state index < -0.39 is 44.2 Å². The van der Waals surface area contributed by atoms with Gasteiger partial charge in [0.15, 0.2) is 0 Å². The summed E-state index contributed by atoms with van der Waals surface area (Å²) < 4.78 is 40.0. The molecule has 0 amide bonds. The maximum Gasteiger partial charge on any atom is 0.305 e. The fourth-order valence-electron chi connectivity index (χ4n) is 1.77. The second kappa shape index (κ2) is 5.19. The minimum absolute atomic E-state index is 0.251. The average molecular weight is 298 g/mol. The smallest absolute Gasteiger partial charge is 0.258 e. The molecule has 0 unspecified atom stereocenters. The van der Waals surface area contributed by atoms with Crippen LogP contribution in [0.25, 0.3) is 11.1 Å². The molecule has 0 aliphatic heterocycles. The highest BCUT2D eigenvalue weighted by Crippen LogP contribution is 2.35. The zero-order chi connectivity index (χ0) is 15.7. The lowest BCUT2D eigenvalue weighted by Gasteiger charge is -2.05. The molecule has 0 bridgehead atoms. The van der Waals surface area contributed by atoms with E-state index in [1.165, 1.54) is 0 Å². The molecule has 2 aromatic rings. The molecule has 0 fully saturated rings. The van der Waals surface area contributed by atoms with Crippen molar-refractivity contribution in [1.82, 2.24) is 0 Å². The lowest BCUT2D eigenvalue weighted by Crippen LogP contribution is -1.98. The Morgan fingerprint density at radius 1 is 0.762 bits per heavy atom. The van der Waals surface area contributed by atoms with E-state index in [2.05, 4.69) is 0 Å². The highest BCUT2D eigenvalue weighted by molar-refractivity contribution is 5.75. The van der Waals surface area contributed by atoms with E-state index in [0.29, 0.717) is 12.1 Å². The van der Waals surface area contributed by atoms with Gasteiger partial charge in [-0.25, -0.2) is 8.78 Å². The van der Waals surface area contributed by atoms with Gasteiger partial charge in [-0.3, -0.25) is 20.2 Å². The van der Waals surface area contributed by atoms with Crippen LogP contribution in [0.4, 0.5) is 24.5 Å². The van der Waals surface area contributed by atoms with Crippen molar-refractivity contribution in [2.24, 2.45) is 0 Å². The number of nitrogens with zero attached hydrogens (tertiary/aromatic N) is 2. The van der Waals surface area contributed by atoms with Crippen molar-refractivity contribution in [3.8, 4) is 11.1 Å². The predicted molar refractivity (Wildman–Crippen MR) is 65.1 cm³/mol. The molecule has 0 atom stereocenters. The topological polar surface area (TPSA) is 86.3 Å². The zero-order valence-corrected chi connectivity index (χ0v) is 10.0. The van der Waals surface area contributed by atoms with E-state index in [0.717, 1.165) is 12.1 Å². The predicted octanol–water partition coefficient (Wildman–Crippen LogP) is 3.59. The Hall–Kier alpha value is -2.97.